The van der Waals surface area contributed by atoms with Crippen LogP contribution in [-0.2, 0) is 10.0 Å². The van der Waals surface area contributed by atoms with Crippen LogP contribution in [0.4, 0.5) is 0 Å². The summed E-state index contributed by atoms with van der Waals surface area (Å²) < 4.78 is 26.8. The molecule has 0 atom stereocenters. The molecular formula is C10H11BrN2O2S. The minimum atomic E-state index is -3.64. The number of aromatic nitrogens is 1. The van der Waals surface area contributed by atoms with Crippen molar-refractivity contribution < 1.29 is 8.42 Å². The van der Waals surface area contributed by atoms with Crippen LogP contribution in [-0.4, -0.2) is 18.9 Å². The van der Waals surface area contributed by atoms with Crippen molar-refractivity contribution in [2.75, 3.05) is 0 Å². The molecule has 1 heterocycles. The van der Waals surface area contributed by atoms with E-state index in [4.69, 9.17) is 6.42 Å². The summed E-state index contributed by atoms with van der Waals surface area (Å²) in [5.41, 5.74) is -0.929. The summed E-state index contributed by atoms with van der Waals surface area (Å²) in [5.74, 6) is 2.36. The van der Waals surface area contributed by atoms with Gasteiger partial charge in [0.15, 0.2) is 0 Å². The minimum Gasteiger partial charge on any atom is -0.262 e. The fraction of sp³-hybridized carbons (Fsp3) is 0.300. The molecule has 0 aliphatic carbocycles. The number of hydrogen-bond donors (Lipinski definition) is 1. The zero-order valence-electron chi connectivity index (χ0n) is 8.86. The van der Waals surface area contributed by atoms with E-state index in [2.05, 4.69) is 31.6 Å². The van der Waals surface area contributed by atoms with Crippen LogP contribution in [0.3, 0.4) is 0 Å². The smallest absolute Gasteiger partial charge is 0.243 e. The van der Waals surface area contributed by atoms with E-state index in [1.807, 2.05) is 0 Å². The SMILES string of the molecule is C#CC(C)(C)NS(=O)(=O)c1cncc(Br)c1. The number of nitrogens with one attached hydrogen (secondary N) is 1. The van der Waals surface area contributed by atoms with Gasteiger partial charge in [-0.2, -0.15) is 4.72 Å². The van der Waals surface area contributed by atoms with Gasteiger partial charge in [-0.3, -0.25) is 4.98 Å². The Kier molecular flexibility index (Phi) is 3.73. The van der Waals surface area contributed by atoms with E-state index in [0.717, 1.165) is 0 Å². The number of rotatable bonds is 3. The summed E-state index contributed by atoms with van der Waals surface area (Å²) >= 11 is 3.16. The normalized spacial score (nSPS) is 12.1. The molecule has 1 N–H and O–H groups in total. The Bertz CT molecular complexity index is 532. The summed E-state index contributed by atoms with van der Waals surface area (Å²) in [4.78, 5) is 3.86. The van der Waals surface area contributed by atoms with Crippen molar-refractivity contribution in [3.63, 3.8) is 0 Å². The van der Waals surface area contributed by atoms with E-state index in [1.165, 1.54) is 18.5 Å². The number of terminal acetylenes is 1. The monoisotopic (exact) mass is 302 g/mol. The Labute approximate surface area is 104 Å². The lowest BCUT2D eigenvalue weighted by atomic mass is 10.1. The third-order valence-electron chi connectivity index (χ3n) is 1.74. The van der Waals surface area contributed by atoms with Crippen molar-refractivity contribution in [2.24, 2.45) is 0 Å². The standard InChI is InChI=1S/C10H11BrN2O2S/c1-4-10(2,3)13-16(14,15)9-5-8(11)6-12-7-9/h1,5-7,13H,2-3H3. The maximum absolute atomic E-state index is 11.9. The van der Waals surface area contributed by atoms with Gasteiger partial charge < -0.3 is 0 Å². The highest BCUT2D eigenvalue weighted by Crippen LogP contribution is 2.16. The van der Waals surface area contributed by atoms with Crippen LogP contribution in [0.25, 0.3) is 0 Å². The van der Waals surface area contributed by atoms with Crippen LogP contribution < -0.4 is 4.72 Å². The number of sulfonamides is 1. The molecule has 0 radical (unpaired) electrons. The predicted octanol–water partition coefficient (Wildman–Crippen LogP) is 1.53. The summed E-state index contributed by atoms with van der Waals surface area (Å²) in [6, 6.07) is 1.46. The Morgan fingerprint density at radius 2 is 2.12 bits per heavy atom. The van der Waals surface area contributed by atoms with E-state index < -0.39 is 15.6 Å². The first-order valence-electron chi connectivity index (χ1n) is 4.39. The van der Waals surface area contributed by atoms with E-state index >= 15 is 0 Å². The van der Waals surface area contributed by atoms with E-state index in [1.54, 1.807) is 13.8 Å². The summed E-state index contributed by atoms with van der Waals surface area (Å²) in [5, 5.41) is 0. The third-order valence-corrected chi connectivity index (χ3v) is 3.80. The first-order chi connectivity index (χ1) is 7.27. The maximum Gasteiger partial charge on any atom is 0.243 e. The Morgan fingerprint density at radius 3 is 2.62 bits per heavy atom. The van der Waals surface area contributed by atoms with Crippen LogP contribution in [0.15, 0.2) is 27.8 Å². The van der Waals surface area contributed by atoms with Crippen molar-refractivity contribution in [1.29, 1.82) is 0 Å². The van der Waals surface area contributed by atoms with Crippen LogP contribution in [0, 0.1) is 12.3 Å². The van der Waals surface area contributed by atoms with Gasteiger partial charge in [-0.15, -0.1) is 6.42 Å². The molecule has 6 heteroatoms. The Balaban J connectivity index is 3.10. The Morgan fingerprint density at radius 1 is 1.50 bits per heavy atom. The second-order valence-corrected chi connectivity index (χ2v) is 6.31. The van der Waals surface area contributed by atoms with Crippen molar-refractivity contribution in [2.45, 2.75) is 24.3 Å². The second-order valence-electron chi connectivity index (χ2n) is 3.71. The van der Waals surface area contributed by atoms with Crippen LogP contribution in [0.2, 0.25) is 0 Å². The van der Waals surface area contributed by atoms with E-state index in [-0.39, 0.29) is 4.90 Å². The number of pyridine rings is 1. The molecule has 0 aliphatic heterocycles. The molecule has 1 rings (SSSR count). The zero-order valence-corrected chi connectivity index (χ0v) is 11.3. The molecule has 1 aromatic heterocycles. The zero-order chi connectivity index (χ0) is 12.4. The lowest BCUT2D eigenvalue weighted by molar-refractivity contribution is 0.538. The fourth-order valence-corrected chi connectivity index (χ4v) is 2.81. The highest BCUT2D eigenvalue weighted by molar-refractivity contribution is 9.10. The molecule has 0 amide bonds. The van der Waals surface area contributed by atoms with Gasteiger partial charge in [0.1, 0.15) is 4.90 Å². The van der Waals surface area contributed by atoms with Gasteiger partial charge in [-0.1, -0.05) is 5.92 Å². The second kappa shape index (κ2) is 4.53. The van der Waals surface area contributed by atoms with Crippen molar-refractivity contribution >= 4 is 26.0 Å². The molecule has 0 aliphatic rings. The van der Waals surface area contributed by atoms with Gasteiger partial charge in [0.25, 0.3) is 0 Å². The maximum atomic E-state index is 11.9. The molecular weight excluding hydrogens is 292 g/mol. The topological polar surface area (TPSA) is 59.1 Å². The van der Waals surface area contributed by atoms with Gasteiger partial charge in [0, 0.05) is 16.9 Å². The fourth-order valence-electron chi connectivity index (χ4n) is 0.964. The molecule has 0 aromatic carbocycles. The largest absolute Gasteiger partial charge is 0.262 e. The Hall–Kier alpha value is -0.900. The molecule has 0 bridgehead atoms. The molecule has 86 valence electrons. The van der Waals surface area contributed by atoms with Crippen molar-refractivity contribution in [3.8, 4) is 12.3 Å². The molecule has 16 heavy (non-hydrogen) atoms. The van der Waals surface area contributed by atoms with Gasteiger partial charge >= 0.3 is 0 Å². The quantitative estimate of drug-likeness (QED) is 0.862. The van der Waals surface area contributed by atoms with Crippen molar-refractivity contribution in [1.82, 2.24) is 9.71 Å². The molecule has 4 nitrogen and oxygen atoms in total. The predicted molar refractivity (Wildman–Crippen MR) is 65.2 cm³/mol. The average molecular weight is 303 g/mol. The van der Waals surface area contributed by atoms with Gasteiger partial charge in [-0.25, -0.2) is 8.42 Å². The highest BCUT2D eigenvalue weighted by Gasteiger charge is 2.24. The number of nitrogens with zero attached hydrogens (tertiary/aromatic N) is 1. The molecule has 0 unspecified atom stereocenters. The summed E-state index contributed by atoms with van der Waals surface area (Å²) in [6.45, 7) is 3.21. The van der Waals surface area contributed by atoms with E-state index in [9.17, 15) is 8.42 Å². The molecule has 0 saturated heterocycles. The summed E-state index contributed by atoms with van der Waals surface area (Å²) in [7, 11) is -3.64. The third kappa shape index (κ3) is 3.30. The lowest BCUT2D eigenvalue weighted by Crippen LogP contribution is -2.41. The first kappa shape index (κ1) is 13.2. The molecule has 0 saturated carbocycles. The molecule has 0 spiro atoms. The van der Waals surface area contributed by atoms with Crippen molar-refractivity contribution in [3.05, 3.63) is 22.9 Å². The summed E-state index contributed by atoms with van der Waals surface area (Å²) in [6.07, 6.45) is 7.99. The van der Waals surface area contributed by atoms with E-state index in [0.29, 0.717) is 4.47 Å². The lowest BCUT2D eigenvalue weighted by Gasteiger charge is -2.19. The van der Waals surface area contributed by atoms with Crippen LogP contribution in [0.5, 0.6) is 0 Å². The average Bonchev–Trinajstić information content (AvgIpc) is 2.16. The van der Waals surface area contributed by atoms with Gasteiger partial charge in [-0.05, 0) is 35.8 Å². The van der Waals surface area contributed by atoms with Crippen LogP contribution in [0.1, 0.15) is 13.8 Å². The van der Waals surface area contributed by atoms with Crippen LogP contribution >= 0.6 is 15.9 Å². The highest BCUT2D eigenvalue weighted by atomic mass is 79.9. The van der Waals surface area contributed by atoms with Gasteiger partial charge in [0.2, 0.25) is 10.0 Å². The first-order valence-corrected chi connectivity index (χ1v) is 6.67. The molecule has 0 fully saturated rings. The van der Waals surface area contributed by atoms with Gasteiger partial charge in [0.05, 0.1) is 5.54 Å². The minimum absolute atomic E-state index is 0.0743. The molecule has 1 aromatic rings. The number of hydrogen-bond acceptors (Lipinski definition) is 3. The number of halogens is 1.